The number of aromatic nitrogens is 1. The fourth-order valence-corrected chi connectivity index (χ4v) is 4.63. The number of carbonyl (C=O) groups is 1. The summed E-state index contributed by atoms with van der Waals surface area (Å²) in [6.45, 7) is 1.97. The maximum Gasteiger partial charge on any atom is 0.259 e. The molecule has 2 unspecified atom stereocenters. The molecule has 0 N–H and O–H groups in total. The fraction of sp³-hybridized carbons (Fsp3) is 0.600. The monoisotopic (exact) mass is 256 g/mol. The molecule has 0 spiro atoms. The molecule has 1 aromatic rings. The highest BCUT2D eigenvalue weighted by molar-refractivity contribution is 7.92. The van der Waals surface area contributed by atoms with Crippen molar-refractivity contribution in [3.8, 4) is 0 Å². The molecule has 2 bridgehead atoms. The summed E-state index contributed by atoms with van der Waals surface area (Å²) < 4.78 is 28.0. The maximum atomic E-state index is 12.2. The highest BCUT2D eigenvalue weighted by Crippen LogP contribution is 2.34. The molecule has 92 valence electrons. The number of likely N-dealkylation sites (tertiary alicyclic amines) is 1. The van der Waals surface area contributed by atoms with Crippen molar-refractivity contribution in [3.05, 3.63) is 17.5 Å². The van der Waals surface area contributed by atoms with Crippen molar-refractivity contribution in [2.45, 2.75) is 24.6 Å². The van der Waals surface area contributed by atoms with E-state index in [1.165, 1.54) is 6.20 Å². The van der Waals surface area contributed by atoms with Crippen molar-refractivity contribution in [1.29, 1.82) is 0 Å². The normalized spacial score (nSPS) is 29.8. The van der Waals surface area contributed by atoms with E-state index in [2.05, 4.69) is 5.16 Å². The SMILES string of the molecule is Cc1oncc1C(=O)N1CC2CC1CS2(=O)=O. The zero-order chi connectivity index (χ0) is 12.2. The summed E-state index contributed by atoms with van der Waals surface area (Å²) in [4.78, 5) is 13.8. The zero-order valence-electron chi connectivity index (χ0n) is 9.29. The van der Waals surface area contributed by atoms with Gasteiger partial charge in [-0.25, -0.2) is 8.42 Å². The van der Waals surface area contributed by atoms with Crippen LogP contribution in [0.15, 0.2) is 10.7 Å². The van der Waals surface area contributed by atoms with Crippen LogP contribution in [0.2, 0.25) is 0 Å². The Morgan fingerprint density at radius 3 is 2.82 bits per heavy atom. The third kappa shape index (κ3) is 1.49. The van der Waals surface area contributed by atoms with E-state index >= 15 is 0 Å². The lowest BCUT2D eigenvalue weighted by molar-refractivity contribution is 0.0744. The Kier molecular flexibility index (Phi) is 2.10. The van der Waals surface area contributed by atoms with Crippen LogP contribution in [0.3, 0.4) is 0 Å². The summed E-state index contributed by atoms with van der Waals surface area (Å²) in [6, 6.07) is -0.174. The number of carbonyl (C=O) groups excluding carboxylic acids is 1. The van der Waals surface area contributed by atoms with Crippen LogP contribution in [0.5, 0.6) is 0 Å². The second-order valence-electron chi connectivity index (χ2n) is 4.59. The molecule has 1 amide bonds. The van der Waals surface area contributed by atoms with Gasteiger partial charge in [0.1, 0.15) is 11.3 Å². The molecule has 0 radical (unpaired) electrons. The van der Waals surface area contributed by atoms with Crippen LogP contribution in [0.25, 0.3) is 0 Å². The third-order valence-corrected chi connectivity index (χ3v) is 5.76. The molecule has 3 heterocycles. The first-order valence-electron chi connectivity index (χ1n) is 5.43. The van der Waals surface area contributed by atoms with Crippen LogP contribution in [0.4, 0.5) is 0 Å². The molecular formula is C10H12N2O4S. The van der Waals surface area contributed by atoms with E-state index in [1.54, 1.807) is 11.8 Å². The van der Waals surface area contributed by atoms with Gasteiger partial charge in [-0.3, -0.25) is 4.79 Å². The van der Waals surface area contributed by atoms with Gasteiger partial charge in [-0.05, 0) is 13.3 Å². The van der Waals surface area contributed by atoms with Crippen molar-refractivity contribution in [2.24, 2.45) is 0 Å². The third-order valence-electron chi connectivity index (χ3n) is 3.55. The van der Waals surface area contributed by atoms with Gasteiger partial charge in [0, 0.05) is 12.6 Å². The van der Waals surface area contributed by atoms with E-state index < -0.39 is 9.84 Å². The number of aryl methyl sites for hydroxylation is 1. The Bertz CT molecular complexity index is 577. The van der Waals surface area contributed by atoms with E-state index in [1.807, 2.05) is 0 Å². The second kappa shape index (κ2) is 3.32. The second-order valence-corrected chi connectivity index (χ2v) is 6.92. The summed E-state index contributed by atoms with van der Waals surface area (Å²) in [5, 5.41) is 3.19. The number of sulfone groups is 1. The van der Waals surface area contributed by atoms with Crippen molar-refractivity contribution in [1.82, 2.24) is 10.1 Å². The molecule has 2 saturated heterocycles. The van der Waals surface area contributed by atoms with Crippen molar-refractivity contribution in [2.75, 3.05) is 12.3 Å². The summed E-state index contributed by atoms with van der Waals surface area (Å²) in [5.41, 5.74) is 0.426. The molecule has 2 fully saturated rings. The first-order chi connectivity index (χ1) is 7.99. The predicted octanol–water partition coefficient (Wildman–Crippen LogP) is -0.00548. The minimum absolute atomic E-state index is 0.0910. The Morgan fingerprint density at radius 2 is 2.35 bits per heavy atom. The Balaban J connectivity index is 1.86. The van der Waals surface area contributed by atoms with Gasteiger partial charge < -0.3 is 9.42 Å². The van der Waals surface area contributed by atoms with Gasteiger partial charge in [-0.1, -0.05) is 5.16 Å². The Labute approximate surface area is 98.5 Å². The van der Waals surface area contributed by atoms with E-state index in [9.17, 15) is 13.2 Å². The van der Waals surface area contributed by atoms with Crippen LogP contribution in [0, 0.1) is 6.92 Å². The highest BCUT2D eigenvalue weighted by Gasteiger charge is 2.50. The minimum Gasteiger partial charge on any atom is -0.361 e. The van der Waals surface area contributed by atoms with Gasteiger partial charge in [-0.2, -0.15) is 0 Å². The van der Waals surface area contributed by atoms with Crippen molar-refractivity contribution < 1.29 is 17.7 Å². The van der Waals surface area contributed by atoms with Gasteiger partial charge in [0.15, 0.2) is 9.84 Å². The molecule has 7 heteroatoms. The predicted molar refractivity (Wildman–Crippen MR) is 58.3 cm³/mol. The lowest BCUT2D eigenvalue weighted by Gasteiger charge is -2.26. The quantitative estimate of drug-likeness (QED) is 0.706. The minimum atomic E-state index is -2.97. The summed E-state index contributed by atoms with van der Waals surface area (Å²) in [5.74, 6) is 0.389. The van der Waals surface area contributed by atoms with Crippen LogP contribution in [-0.4, -0.2) is 48.0 Å². The molecule has 1 aromatic heterocycles. The van der Waals surface area contributed by atoms with Gasteiger partial charge in [-0.15, -0.1) is 0 Å². The largest absolute Gasteiger partial charge is 0.361 e. The number of hydrogen-bond donors (Lipinski definition) is 0. The lowest BCUT2D eigenvalue weighted by Crippen LogP contribution is -2.44. The molecule has 0 aromatic carbocycles. The van der Waals surface area contributed by atoms with E-state index in [0.29, 0.717) is 24.3 Å². The summed E-state index contributed by atoms with van der Waals surface area (Å²) in [6.07, 6.45) is 1.95. The fourth-order valence-electron chi connectivity index (χ4n) is 2.60. The highest BCUT2D eigenvalue weighted by atomic mass is 32.2. The number of hydrogen-bond acceptors (Lipinski definition) is 5. The van der Waals surface area contributed by atoms with Crippen molar-refractivity contribution >= 4 is 15.7 Å². The standard InChI is InChI=1S/C10H12N2O4S/c1-6-9(3-11-16-6)10(13)12-4-8-2-7(12)5-17(8,14)15/h3,7-8H,2,4-5H2,1H3. The topological polar surface area (TPSA) is 80.5 Å². The molecule has 2 aliphatic heterocycles. The molecule has 0 aliphatic carbocycles. The Hall–Kier alpha value is -1.37. The van der Waals surface area contributed by atoms with Crippen LogP contribution in [0.1, 0.15) is 22.5 Å². The molecule has 6 nitrogen and oxygen atoms in total. The first kappa shape index (κ1) is 10.8. The molecule has 2 atom stereocenters. The molecule has 17 heavy (non-hydrogen) atoms. The average Bonchev–Trinajstić information content (AvgIpc) is 2.89. The zero-order valence-corrected chi connectivity index (χ0v) is 10.1. The van der Waals surface area contributed by atoms with Crippen molar-refractivity contribution in [3.63, 3.8) is 0 Å². The van der Waals surface area contributed by atoms with E-state index in [0.717, 1.165) is 0 Å². The maximum absolute atomic E-state index is 12.2. The van der Waals surface area contributed by atoms with E-state index in [-0.39, 0.29) is 23.0 Å². The van der Waals surface area contributed by atoms with Gasteiger partial charge in [0.25, 0.3) is 5.91 Å². The number of nitrogens with zero attached hydrogens (tertiary/aromatic N) is 2. The molecule has 0 saturated carbocycles. The number of amides is 1. The summed E-state index contributed by atoms with van der Waals surface area (Å²) in [7, 11) is -2.97. The van der Waals surface area contributed by atoms with E-state index in [4.69, 9.17) is 4.52 Å². The first-order valence-corrected chi connectivity index (χ1v) is 7.14. The van der Waals surface area contributed by atoms with Gasteiger partial charge in [0.05, 0.1) is 17.2 Å². The smallest absolute Gasteiger partial charge is 0.259 e. The molecular weight excluding hydrogens is 244 g/mol. The van der Waals surface area contributed by atoms with Gasteiger partial charge >= 0.3 is 0 Å². The Morgan fingerprint density at radius 1 is 1.59 bits per heavy atom. The summed E-state index contributed by atoms with van der Waals surface area (Å²) >= 11 is 0. The van der Waals surface area contributed by atoms with Gasteiger partial charge in [0.2, 0.25) is 0 Å². The van der Waals surface area contributed by atoms with Crippen LogP contribution >= 0.6 is 0 Å². The van der Waals surface area contributed by atoms with Crippen LogP contribution in [-0.2, 0) is 9.84 Å². The molecule has 2 aliphatic rings. The average molecular weight is 256 g/mol. The molecule has 3 rings (SSSR count). The lowest BCUT2D eigenvalue weighted by atomic mass is 10.2. The van der Waals surface area contributed by atoms with Crippen LogP contribution < -0.4 is 0 Å². The number of rotatable bonds is 1. The number of fused-ring (bicyclic) bond motifs is 2.